The zero-order valence-corrected chi connectivity index (χ0v) is 15.4. The van der Waals surface area contributed by atoms with Gasteiger partial charge in [-0.3, -0.25) is 0 Å². The highest BCUT2D eigenvalue weighted by Gasteiger charge is 2.15. The van der Waals surface area contributed by atoms with E-state index in [1.807, 2.05) is 24.3 Å². The molecule has 2 aromatic heterocycles. The first-order valence-corrected chi connectivity index (χ1v) is 9.07. The molecular formula is C19H18N4O2S. The average Bonchev–Trinajstić information content (AvgIpc) is 3.27. The molecule has 26 heavy (non-hydrogen) atoms. The molecule has 0 fully saturated rings. The van der Waals surface area contributed by atoms with Gasteiger partial charge in [0.05, 0.1) is 14.2 Å². The summed E-state index contributed by atoms with van der Waals surface area (Å²) in [7, 11) is 3.23. The van der Waals surface area contributed by atoms with Crippen molar-refractivity contribution in [1.82, 2.24) is 19.8 Å². The molecule has 0 radical (unpaired) electrons. The third kappa shape index (κ3) is 3.13. The van der Waals surface area contributed by atoms with Crippen LogP contribution in [0.4, 0.5) is 0 Å². The van der Waals surface area contributed by atoms with E-state index in [1.54, 1.807) is 30.1 Å². The molecule has 0 atom stereocenters. The lowest BCUT2D eigenvalue weighted by Gasteiger charge is -2.08. The SMILES string of the molecule is COc1ccc(-c2nnc3sc(CCc4ccccc4)nn23)cc1OC. The molecule has 2 heterocycles. The number of fused-ring (bicyclic) bond motifs is 1. The zero-order chi connectivity index (χ0) is 17.9. The zero-order valence-electron chi connectivity index (χ0n) is 14.5. The predicted octanol–water partition coefficient (Wildman–Crippen LogP) is 3.66. The maximum Gasteiger partial charge on any atom is 0.234 e. The fourth-order valence-corrected chi connectivity index (χ4v) is 3.64. The number of hydrogen-bond donors (Lipinski definition) is 0. The van der Waals surface area contributed by atoms with Gasteiger partial charge in [0.15, 0.2) is 17.3 Å². The maximum atomic E-state index is 5.38. The molecule has 0 bridgehead atoms. The number of methoxy groups -OCH3 is 2. The average molecular weight is 366 g/mol. The number of hydrogen-bond acceptors (Lipinski definition) is 6. The normalized spacial score (nSPS) is 11.0. The molecule has 0 aliphatic rings. The highest BCUT2D eigenvalue weighted by atomic mass is 32.1. The van der Waals surface area contributed by atoms with Gasteiger partial charge in [-0.05, 0) is 30.2 Å². The topological polar surface area (TPSA) is 61.5 Å². The van der Waals surface area contributed by atoms with Crippen LogP contribution >= 0.6 is 11.3 Å². The van der Waals surface area contributed by atoms with Crippen molar-refractivity contribution >= 4 is 16.3 Å². The Morgan fingerprint density at radius 2 is 1.73 bits per heavy atom. The van der Waals surface area contributed by atoms with Gasteiger partial charge >= 0.3 is 0 Å². The van der Waals surface area contributed by atoms with Crippen molar-refractivity contribution in [1.29, 1.82) is 0 Å². The van der Waals surface area contributed by atoms with Crippen LogP contribution in [-0.4, -0.2) is 34.0 Å². The standard InChI is InChI=1S/C19H18N4O2S/c1-24-15-10-9-14(12-16(15)25-2)18-20-21-19-23(18)22-17(26-19)11-8-13-6-4-3-5-7-13/h3-7,9-10,12H,8,11H2,1-2H3. The Kier molecular flexibility index (Phi) is 4.53. The number of aryl methyl sites for hydroxylation is 2. The van der Waals surface area contributed by atoms with Crippen LogP contribution in [0.2, 0.25) is 0 Å². The summed E-state index contributed by atoms with van der Waals surface area (Å²) < 4.78 is 12.5. The second-order valence-electron chi connectivity index (χ2n) is 5.77. The second-order valence-corrected chi connectivity index (χ2v) is 6.81. The van der Waals surface area contributed by atoms with Gasteiger partial charge < -0.3 is 9.47 Å². The largest absolute Gasteiger partial charge is 0.493 e. The second kappa shape index (κ2) is 7.13. The first-order chi connectivity index (χ1) is 12.8. The van der Waals surface area contributed by atoms with Gasteiger partial charge in [-0.2, -0.15) is 9.61 Å². The van der Waals surface area contributed by atoms with E-state index in [0.717, 1.165) is 28.4 Å². The Bertz CT molecular complexity index is 1030. The molecule has 0 spiro atoms. The van der Waals surface area contributed by atoms with E-state index >= 15 is 0 Å². The molecule has 4 aromatic rings. The summed E-state index contributed by atoms with van der Waals surface area (Å²) in [6.07, 6.45) is 1.83. The van der Waals surface area contributed by atoms with Gasteiger partial charge in [0.2, 0.25) is 4.96 Å². The Hall–Kier alpha value is -2.93. The van der Waals surface area contributed by atoms with Gasteiger partial charge in [0.1, 0.15) is 5.01 Å². The minimum Gasteiger partial charge on any atom is -0.493 e. The minimum absolute atomic E-state index is 0.654. The summed E-state index contributed by atoms with van der Waals surface area (Å²) in [5.41, 5.74) is 2.19. The molecule has 132 valence electrons. The lowest BCUT2D eigenvalue weighted by Crippen LogP contribution is -1.96. The Morgan fingerprint density at radius 3 is 2.50 bits per heavy atom. The quantitative estimate of drug-likeness (QED) is 0.521. The van der Waals surface area contributed by atoms with Crippen molar-refractivity contribution in [3.8, 4) is 22.9 Å². The molecular weight excluding hydrogens is 348 g/mol. The number of benzene rings is 2. The maximum absolute atomic E-state index is 5.38. The van der Waals surface area contributed by atoms with Crippen LogP contribution in [0.25, 0.3) is 16.3 Å². The summed E-state index contributed by atoms with van der Waals surface area (Å²) in [5.74, 6) is 2.03. The third-order valence-electron chi connectivity index (χ3n) is 4.14. The van der Waals surface area contributed by atoms with Gasteiger partial charge in [0, 0.05) is 12.0 Å². The Labute approximate surface area is 155 Å². The minimum atomic E-state index is 0.654. The highest BCUT2D eigenvalue weighted by Crippen LogP contribution is 2.32. The monoisotopic (exact) mass is 366 g/mol. The molecule has 0 N–H and O–H groups in total. The van der Waals surface area contributed by atoms with E-state index < -0.39 is 0 Å². The van der Waals surface area contributed by atoms with Gasteiger partial charge in [-0.25, -0.2) is 0 Å². The number of ether oxygens (including phenoxy) is 2. The van der Waals surface area contributed by atoms with Crippen LogP contribution in [0.3, 0.4) is 0 Å². The fourth-order valence-electron chi connectivity index (χ4n) is 2.81. The molecule has 0 aliphatic heterocycles. The molecule has 0 amide bonds. The molecule has 4 rings (SSSR count). The van der Waals surface area contributed by atoms with E-state index in [0.29, 0.717) is 17.3 Å². The number of aromatic nitrogens is 4. The van der Waals surface area contributed by atoms with Crippen molar-refractivity contribution in [3.05, 3.63) is 59.1 Å². The Morgan fingerprint density at radius 1 is 0.923 bits per heavy atom. The summed E-state index contributed by atoms with van der Waals surface area (Å²) in [5, 5.41) is 14.3. The third-order valence-corrected chi connectivity index (χ3v) is 5.10. The van der Waals surface area contributed by atoms with E-state index in [4.69, 9.17) is 14.6 Å². The van der Waals surface area contributed by atoms with Crippen LogP contribution in [0.1, 0.15) is 10.6 Å². The van der Waals surface area contributed by atoms with Crippen molar-refractivity contribution in [2.24, 2.45) is 0 Å². The summed E-state index contributed by atoms with van der Waals surface area (Å²) in [6, 6.07) is 16.1. The molecule has 0 aliphatic carbocycles. The molecule has 2 aromatic carbocycles. The van der Waals surface area contributed by atoms with Crippen LogP contribution in [-0.2, 0) is 12.8 Å². The lowest BCUT2D eigenvalue weighted by molar-refractivity contribution is 0.355. The van der Waals surface area contributed by atoms with Crippen molar-refractivity contribution in [3.63, 3.8) is 0 Å². The molecule has 0 saturated heterocycles. The lowest BCUT2D eigenvalue weighted by atomic mass is 10.1. The van der Waals surface area contributed by atoms with Crippen molar-refractivity contribution in [2.75, 3.05) is 14.2 Å². The number of rotatable bonds is 6. The van der Waals surface area contributed by atoms with Crippen LogP contribution in [0, 0.1) is 0 Å². The van der Waals surface area contributed by atoms with Crippen LogP contribution in [0.15, 0.2) is 48.5 Å². The van der Waals surface area contributed by atoms with Crippen molar-refractivity contribution < 1.29 is 9.47 Å². The molecule has 0 unspecified atom stereocenters. The van der Waals surface area contributed by atoms with Crippen LogP contribution in [0.5, 0.6) is 11.5 Å². The predicted molar refractivity (Wildman–Crippen MR) is 101 cm³/mol. The Balaban J connectivity index is 1.62. The van der Waals surface area contributed by atoms with E-state index in [2.05, 4.69) is 34.5 Å². The van der Waals surface area contributed by atoms with Gasteiger partial charge in [0.25, 0.3) is 0 Å². The molecule has 6 nitrogen and oxygen atoms in total. The molecule has 0 saturated carbocycles. The van der Waals surface area contributed by atoms with E-state index in [1.165, 1.54) is 5.56 Å². The van der Waals surface area contributed by atoms with E-state index in [9.17, 15) is 0 Å². The van der Waals surface area contributed by atoms with Crippen molar-refractivity contribution in [2.45, 2.75) is 12.8 Å². The smallest absolute Gasteiger partial charge is 0.234 e. The highest BCUT2D eigenvalue weighted by molar-refractivity contribution is 7.16. The van der Waals surface area contributed by atoms with Gasteiger partial charge in [-0.15, -0.1) is 10.2 Å². The van der Waals surface area contributed by atoms with Crippen LogP contribution < -0.4 is 9.47 Å². The van der Waals surface area contributed by atoms with E-state index in [-0.39, 0.29) is 0 Å². The summed E-state index contributed by atoms with van der Waals surface area (Å²) >= 11 is 1.57. The first kappa shape index (κ1) is 16.5. The number of nitrogens with zero attached hydrogens (tertiary/aromatic N) is 4. The fraction of sp³-hybridized carbons (Fsp3) is 0.211. The van der Waals surface area contributed by atoms with Gasteiger partial charge in [-0.1, -0.05) is 41.7 Å². The summed E-state index contributed by atoms with van der Waals surface area (Å²) in [4.78, 5) is 0.790. The summed E-state index contributed by atoms with van der Waals surface area (Å²) in [6.45, 7) is 0. The first-order valence-electron chi connectivity index (χ1n) is 8.26. The molecule has 7 heteroatoms.